The Morgan fingerprint density at radius 3 is 1.52 bits per heavy atom. The largest absolute Gasteiger partial charge is 0.456 e. The Kier molecular flexibility index (Phi) is 8.76. The molecule has 1 aromatic heterocycles. The third-order valence-corrected chi connectivity index (χ3v) is 13.0. The zero-order valence-electron chi connectivity index (χ0n) is 34.5. The fraction of sp³-hybridized carbons (Fsp3) is 0.0164. The normalized spacial score (nSPS) is 12.6. The molecule has 0 atom stereocenters. The molecule has 0 N–H and O–H groups in total. The van der Waals surface area contributed by atoms with Crippen LogP contribution < -0.4 is 4.90 Å². The zero-order chi connectivity index (χ0) is 41.7. The molecule has 11 aromatic rings. The molecule has 0 fully saturated rings. The SMILES string of the molecule is c1ccc(-c2cccc(-c3ccc(N(c4ccc(-c5cccc6oc7ccccc7c56)cc4)c4cccc5c4-c4ccccc4C5(c4ccccc4)c4ccccc4)cc3)c2)cc1. The van der Waals surface area contributed by atoms with E-state index in [0.717, 1.165) is 50.1 Å². The van der Waals surface area contributed by atoms with E-state index in [-0.39, 0.29) is 0 Å². The average molecular weight is 804 g/mol. The molecule has 0 bridgehead atoms. The minimum absolute atomic E-state index is 0.514. The summed E-state index contributed by atoms with van der Waals surface area (Å²) in [6, 6.07) is 90.2. The summed E-state index contributed by atoms with van der Waals surface area (Å²) in [7, 11) is 0. The van der Waals surface area contributed by atoms with Gasteiger partial charge in [0.1, 0.15) is 11.2 Å². The van der Waals surface area contributed by atoms with Crippen LogP contribution in [0.25, 0.3) is 66.4 Å². The Hall–Kier alpha value is -8.20. The van der Waals surface area contributed by atoms with Crippen LogP contribution in [-0.4, -0.2) is 0 Å². The topological polar surface area (TPSA) is 16.4 Å². The van der Waals surface area contributed by atoms with E-state index in [1.54, 1.807) is 0 Å². The predicted octanol–water partition coefficient (Wildman–Crippen LogP) is 16.4. The van der Waals surface area contributed by atoms with Gasteiger partial charge >= 0.3 is 0 Å². The highest BCUT2D eigenvalue weighted by atomic mass is 16.3. The second-order valence-corrected chi connectivity index (χ2v) is 16.4. The van der Waals surface area contributed by atoms with Crippen molar-refractivity contribution in [3.63, 3.8) is 0 Å². The first-order valence-corrected chi connectivity index (χ1v) is 21.7. The van der Waals surface area contributed by atoms with Gasteiger partial charge in [-0.15, -0.1) is 0 Å². The summed E-state index contributed by atoms with van der Waals surface area (Å²) in [5, 5.41) is 2.27. The van der Waals surface area contributed by atoms with Crippen LogP contribution in [0.3, 0.4) is 0 Å². The van der Waals surface area contributed by atoms with Gasteiger partial charge in [0.15, 0.2) is 0 Å². The van der Waals surface area contributed by atoms with Crippen molar-refractivity contribution in [2.75, 3.05) is 4.90 Å². The summed E-state index contributed by atoms with van der Waals surface area (Å²) >= 11 is 0. The van der Waals surface area contributed by atoms with Crippen LogP contribution in [0, 0.1) is 0 Å². The molecule has 296 valence electrons. The van der Waals surface area contributed by atoms with Crippen LogP contribution in [0.2, 0.25) is 0 Å². The van der Waals surface area contributed by atoms with Crippen LogP contribution in [0.1, 0.15) is 22.3 Å². The predicted molar refractivity (Wildman–Crippen MR) is 262 cm³/mol. The van der Waals surface area contributed by atoms with Crippen LogP contribution in [-0.2, 0) is 5.41 Å². The maximum atomic E-state index is 6.31. The smallest absolute Gasteiger partial charge is 0.136 e. The maximum absolute atomic E-state index is 6.31. The number of nitrogens with zero attached hydrogens (tertiary/aromatic N) is 1. The highest BCUT2D eigenvalue weighted by Gasteiger charge is 2.47. The van der Waals surface area contributed by atoms with Gasteiger partial charge in [0.05, 0.1) is 11.1 Å². The Morgan fingerprint density at radius 1 is 0.333 bits per heavy atom. The fourth-order valence-electron chi connectivity index (χ4n) is 10.2. The average Bonchev–Trinajstić information content (AvgIpc) is 3.90. The molecule has 0 aliphatic heterocycles. The quantitative estimate of drug-likeness (QED) is 0.152. The summed E-state index contributed by atoms with van der Waals surface area (Å²) in [6.07, 6.45) is 0. The molecule has 0 saturated heterocycles. The maximum Gasteiger partial charge on any atom is 0.136 e. The lowest BCUT2D eigenvalue weighted by molar-refractivity contribution is 0.669. The van der Waals surface area contributed by atoms with E-state index in [0.29, 0.717) is 0 Å². The van der Waals surface area contributed by atoms with Gasteiger partial charge in [0.2, 0.25) is 0 Å². The van der Waals surface area contributed by atoms with E-state index in [9.17, 15) is 0 Å². The van der Waals surface area contributed by atoms with Crippen molar-refractivity contribution in [2.24, 2.45) is 0 Å². The van der Waals surface area contributed by atoms with E-state index >= 15 is 0 Å². The number of furan rings is 1. The van der Waals surface area contributed by atoms with Crippen LogP contribution in [0.5, 0.6) is 0 Å². The lowest BCUT2D eigenvalue weighted by atomic mass is 9.68. The number of benzene rings is 10. The standard InChI is InChI=1S/C61H41NO/c1-4-17-42(18-5-1)45-19-14-20-46(41-45)43-33-37-49(38-34-43)62(50-39-35-44(36-40-50)51-27-15-32-58-59(51)53-26-11-13-31-57(53)63-58)56-30-16-29-55-60(56)52-25-10-12-28-54(52)61(55,47-21-6-2-7-22-47)48-23-8-3-9-24-48/h1-41H. The molecule has 1 heterocycles. The van der Waals surface area contributed by atoms with Gasteiger partial charge in [-0.1, -0.05) is 200 Å². The molecule has 2 nitrogen and oxygen atoms in total. The number of fused-ring (bicyclic) bond motifs is 6. The first-order chi connectivity index (χ1) is 31.3. The van der Waals surface area contributed by atoms with Gasteiger partial charge in [-0.25, -0.2) is 0 Å². The molecule has 0 radical (unpaired) electrons. The van der Waals surface area contributed by atoms with Gasteiger partial charge < -0.3 is 9.32 Å². The molecule has 0 unspecified atom stereocenters. The first-order valence-electron chi connectivity index (χ1n) is 21.7. The fourth-order valence-corrected chi connectivity index (χ4v) is 10.2. The van der Waals surface area contributed by atoms with Crippen molar-refractivity contribution in [3.8, 4) is 44.5 Å². The highest BCUT2D eigenvalue weighted by molar-refractivity contribution is 6.12. The second kappa shape index (κ2) is 15.1. The number of hydrogen-bond acceptors (Lipinski definition) is 2. The first kappa shape index (κ1) is 36.6. The molecule has 1 aliphatic rings. The third kappa shape index (κ3) is 5.95. The molecular weight excluding hydrogens is 763 g/mol. The number of para-hydroxylation sites is 1. The van der Waals surface area contributed by atoms with Gasteiger partial charge in [-0.3, -0.25) is 0 Å². The Morgan fingerprint density at radius 2 is 0.825 bits per heavy atom. The van der Waals surface area contributed by atoms with Crippen molar-refractivity contribution in [3.05, 3.63) is 271 Å². The Balaban J connectivity index is 1.05. The van der Waals surface area contributed by atoms with E-state index in [1.807, 2.05) is 12.1 Å². The van der Waals surface area contributed by atoms with E-state index in [2.05, 4.69) is 241 Å². The Labute approximate surface area is 367 Å². The van der Waals surface area contributed by atoms with Crippen LogP contribution in [0.15, 0.2) is 253 Å². The van der Waals surface area contributed by atoms with E-state index < -0.39 is 5.41 Å². The van der Waals surface area contributed by atoms with Crippen molar-refractivity contribution >= 4 is 39.0 Å². The molecule has 1 aliphatic carbocycles. The number of anilines is 3. The Bertz CT molecular complexity index is 3380. The molecular formula is C61H41NO. The van der Waals surface area contributed by atoms with Crippen molar-refractivity contribution < 1.29 is 4.42 Å². The molecule has 2 heteroatoms. The van der Waals surface area contributed by atoms with Gasteiger partial charge in [0.25, 0.3) is 0 Å². The molecule has 0 amide bonds. The van der Waals surface area contributed by atoms with Gasteiger partial charge in [-0.2, -0.15) is 0 Å². The van der Waals surface area contributed by atoms with Crippen molar-refractivity contribution in [2.45, 2.75) is 5.41 Å². The molecule has 63 heavy (non-hydrogen) atoms. The van der Waals surface area contributed by atoms with Gasteiger partial charge in [0, 0.05) is 27.7 Å². The summed E-state index contributed by atoms with van der Waals surface area (Å²) < 4.78 is 6.31. The van der Waals surface area contributed by atoms with Crippen LogP contribution >= 0.6 is 0 Å². The summed E-state index contributed by atoms with van der Waals surface area (Å²) in [5.74, 6) is 0. The summed E-state index contributed by atoms with van der Waals surface area (Å²) in [4.78, 5) is 2.45. The van der Waals surface area contributed by atoms with Crippen molar-refractivity contribution in [1.82, 2.24) is 0 Å². The van der Waals surface area contributed by atoms with Crippen LogP contribution in [0.4, 0.5) is 17.1 Å². The minimum Gasteiger partial charge on any atom is -0.456 e. The lowest BCUT2D eigenvalue weighted by Gasteiger charge is -2.34. The molecule has 0 spiro atoms. The monoisotopic (exact) mass is 803 g/mol. The summed E-state index contributed by atoms with van der Waals surface area (Å²) in [5.41, 5.74) is 19.2. The second-order valence-electron chi connectivity index (χ2n) is 16.4. The lowest BCUT2D eigenvalue weighted by Crippen LogP contribution is -2.28. The van der Waals surface area contributed by atoms with Gasteiger partial charge in [-0.05, 0) is 110 Å². The molecule has 12 rings (SSSR count). The van der Waals surface area contributed by atoms with E-state index in [4.69, 9.17) is 4.42 Å². The number of rotatable bonds is 8. The molecule has 0 saturated carbocycles. The number of hydrogen-bond donors (Lipinski definition) is 0. The third-order valence-electron chi connectivity index (χ3n) is 13.0. The zero-order valence-corrected chi connectivity index (χ0v) is 34.5. The van der Waals surface area contributed by atoms with E-state index in [1.165, 1.54) is 55.6 Å². The minimum atomic E-state index is -0.514. The van der Waals surface area contributed by atoms with Crippen molar-refractivity contribution in [1.29, 1.82) is 0 Å². The molecule has 10 aromatic carbocycles. The highest BCUT2D eigenvalue weighted by Crippen LogP contribution is 2.59. The summed E-state index contributed by atoms with van der Waals surface area (Å²) in [6.45, 7) is 0.